The number of aliphatic hydroxyl groups is 1. The van der Waals surface area contributed by atoms with Crippen LogP contribution in [0.2, 0.25) is 0 Å². The Bertz CT molecular complexity index is 604. The zero-order valence-electron chi connectivity index (χ0n) is 12.1. The Kier molecular flexibility index (Phi) is 3.89. The molecule has 114 valence electrons. The van der Waals surface area contributed by atoms with Crippen LogP contribution < -0.4 is 4.90 Å². The summed E-state index contributed by atoms with van der Waals surface area (Å²) in [7, 11) is 0. The summed E-state index contributed by atoms with van der Waals surface area (Å²) >= 11 is 0. The summed E-state index contributed by atoms with van der Waals surface area (Å²) in [5.41, 5.74) is -2.11. The van der Waals surface area contributed by atoms with E-state index in [1.807, 2.05) is 0 Å². The Labute approximate surface area is 121 Å². The van der Waals surface area contributed by atoms with Crippen molar-refractivity contribution in [2.24, 2.45) is 5.92 Å². The molecule has 1 heterocycles. The van der Waals surface area contributed by atoms with Crippen LogP contribution in [-0.4, -0.2) is 23.3 Å². The summed E-state index contributed by atoms with van der Waals surface area (Å²) in [4.78, 5) is 1.41. The molecule has 1 aliphatic heterocycles. The normalized spacial score (nSPS) is 22.5. The lowest BCUT2D eigenvalue weighted by Crippen LogP contribution is -2.40. The average Bonchev–Trinajstić information content (AvgIpc) is 2.76. The minimum Gasteiger partial charge on any atom is -0.390 e. The van der Waals surface area contributed by atoms with Crippen molar-refractivity contribution in [2.75, 3.05) is 11.4 Å². The van der Waals surface area contributed by atoms with Crippen LogP contribution in [0.25, 0.3) is 0 Å². The highest BCUT2D eigenvalue weighted by molar-refractivity contribution is 5.55. The molecule has 1 aromatic rings. The van der Waals surface area contributed by atoms with Gasteiger partial charge in [-0.15, -0.1) is 0 Å². The van der Waals surface area contributed by atoms with Crippen molar-refractivity contribution in [1.29, 1.82) is 5.26 Å². The van der Waals surface area contributed by atoms with Gasteiger partial charge in [0.05, 0.1) is 11.2 Å². The first-order chi connectivity index (χ1) is 9.68. The molecule has 1 fully saturated rings. The summed E-state index contributed by atoms with van der Waals surface area (Å²) in [5.74, 6) is -3.84. The molecule has 1 aromatic carbocycles. The number of anilines is 1. The van der Waals surface area contributed by atoms with E-state index >= 15 is 0 Å². The molecule has 2 rings (SSSR count). The zero-order chi connectivity index (χ0) is 15.9. The summed E-state index contributed by atoms with van der Waals surface area (Å²) in [6, 6.07) is 1.79. The van der Waals surface area contributed by atoms with Gasteiger partial charge in [-0.1, -0.05) is 0 Å². The molecule has 0 spiro atoms. The first kappa shape index (κ1) is 15.6. The lowest BCUT2D eigenvalue weighted by atomic mass is 9.85. The quantitative estimate of drug-likeness (QED) is 0.854. The zero-order valence-corrected chi connectivity index (χ0v) is 12.1. The molecule has 1 saturated heterocycles. The smallest absolute Gasteiger partial charge is 0.186 e. The Morgan fingerprint density at radius 3 is 2.43 bits per heavy atom. The van der Waals surface area contributed by atoms with Gasteiger partial charge in [0.2, 0.25) is 0 Å². The van der Waals surface area contributed by atoms with E-state index in [2.05, 4.69) is 0 Å². The van der Waals surface area contributed by atoms with E-state index in [0.717, 1.165) is 0 Å². The molecule has 1 N–H and O–H groups in total. The maximum atomic E-state index is 14.1. The van der Waals surface area contributed by atoms with Crippen LogP contribution in [0.3, 0.4) is 0 Å². The molecule has 0 bridgehead atoms. The fourth-order valence-electron chi connectivity index (χ4n) is 3.13. The number of halogens is 3. The van der Waals surface area contributed by atoms with Crippen LogP contribution in [0.1, 0.15) is 32.8 Å². The molecule has 0 saturated carbocycles. The Morgan fingerprint density at radius 1 is 1.33 bits per heavy atom. The topological polar surface area (TPSA) is 47.3 Å². The molecule has 1 aliphatic rings. The summed E-state index contributed by atoms with van der Waals surface area (Å²) in [6.45, 7) is 5.34. The number of hydrogen-bond donors (Lipinski definition) is 1. The first-order valence-corrected chi connectivity index (χ1v) is 6.75. The molecule has 0 radical (unpaired) electrons. The highest BCUT2D eigenvalue weighted by atomic mass is 19.2. The summed E-state index contributed by atoms with van der Waals surface area (Å²) in [6.07, 6.45) is 0.547. The highest BCUT2D eigenvalue weighted by Crippen LogP contribution is 2.39. The summed E-state index contributed by atoms with van der Waals surface area (Å²) in [5, 5.41) is 18.8. The third kappa shape index (κ3) is 2.58. The number of rotatable bonds is 2. The minimum absolute atomic E-state index is 0.185. The predicted molar refractivity (Wildman–Crippen MR) is 72.2 cm³/mol. The van der Waals surface area contributed by atoms with Gasteiger partial charge >= 0.3 is 0 Å². The second-order valence-corrected chi connectivity index (χ2v) is 5.98. The highest BCUT2D eigenvalue weighted by Gasteiger charge is 2.41. The number of hydrogen-bond acceptors (Lipinski definition) is 3. The average molecular weight is 298 g/mol. The monoisotopic (exact) mass is 298 g/mol. The molecule has 0 aliphatic carbocycles. The Morgan fingerprint density at radius 2 is 1.95 bits per heavy atom. The van der Waals surface area contributed by atoms with E-state index in [0.29, 0.717) is 19.0 Å². The van der Waals surface area contributed by atoms with Gasteiger partial charge in [-0.3, -0.25) is 0 Å². The van der Waals surface area contributed by atoms with Crippen molar-refractivity contribution in [3.8, 4) is 6.07 Å². The molecule has 6 heteroatoms. The van der Waals surface area contributed by atoms with Gasteiger partial charge in [-0.2, -0.15) is 5.26 Å². The lowest BCUT2D eigenvalue weighted by molar-refractivity contribution is 0.0156. The SMILES string of the molecule is C[C@H]1[C@@H](C(C)(C)O)CCN1c1c(F)cc(C#N)c(F)c1F. The lowest BCUT2D eigenvalue weighted by Gasteiger charge is -2.33. The Hall–Kier alpha value is -1.74. The molecular weight excluding hydrogens is 281 g/mol. The van der Waals surface area contributed by atoms with Crippen molar-refractivity contribution in [3.05, 3.63) is 29.1 Å². The number of nitrogens with zero attached hydrogens (tertiary/aromatic N) is 2. The van der Waals surface area contributed by atoms with E-state index < -0.39 is 34.3 Å². The fourth-order valence-corrected chi connectivity index (χ4v) is 3.13. The predicted octanol–water partition coefficient (Wildman–Crippen LogP) is 2.96. The van der Waals surface area contributed by atoms with Crippen LogP contribution in [0, 0.1) is 34.7 Å². The van der Waals surface area contributed by atoms with E-state index in [1.165, 1.54) is 11.0 Å². The second-order valence-electron chi connectivity index (χ2n) is 5.98. The van der Waals surface area contributed by atoms with E-state index in [9.17, 15) is 18.3 Å². The van der Waals surface area contributed by atoms with Crippen molar-refractivity contribution in [1.82, 2.24) is 0 Å². The molecule has 21 heavy (non-hydrogen) atoms. The molecule has 0 unspecified atom stereocenters. The standard InChI is InChI=1S/C15H17F3N2O/c1-8-10(15(2,3)21)4-5-20(8)14-11(16)6-9(7-19)12(17)13(14)18/h6,8,10,21H,4-5H2,1-3H3/t8-,10-/m0/s1. The van der Waals surface area contributed by atoms with Gasteiger partial charge in [0, 0.05) is 18.5 Å². The van der Waals surface area contributed by atoms with E-state index in [1.54, 1.807) is 20.8 Å². The molecule has 3 nitrogen and oxygen atoms in total. The van der Waals surface area contributed by atoms with Crippen molar-refractivity contribution < 1.29 is 18.3 Å². The van der Waals surface area contributed by atoms with Crippen molar-refractivity contribution in [2.45, 2.75) is 38.8 Å². The maximum Gasteiger partial charge on any atom is 0.186 e. The maximum absolute atomic E-state index is 14.1. The number of nitriles is 1. The molecule has 0 amide bonds. The summed E-state index contributed by atoms with van der Waals surface area (Å²) < 4.78 is 41.9. The van der Waals surface area contributed by atoms with Crippen molar-refractivity contribution in [3.63, 3.8) is 0 Å². The van der Waals surface area contributed by atoms with Gasteiger partial charge in [0.15, 0.2) is 17.5 Å². The van der Waals surface area contributed by atoms with Crippen LogP contribution in [0.4, 0.5) is 18.9 Å². The van der Waals surface area contributed by atoms with E-state index in [-0.39, 0.29) is 12.0 Å². The first-order valence-electron chi connectivity index (χ1n) is 6.75. The second kappa shape index (κ2) is 5.23. The molecule has 0 aromatic heterocycles. The van der Waals surface area contributed by atoms with Crippen LogP contribution in [0.5, 0.6) is 0 Å². The van der Waals surface area contributed by atoms with Gasteiger partial charge < -0.3 is 10.0 Å². The minimum atomic E-state index is -1.35. The van der Waals surface area contributed by atoms with Crippen LogP contribution >= 0.6 is 0 Å². The fraction of sp³-hybridized carbons (Fsp3) is 0.533. The molecule has 2 atom stereocenters. The van der Waals surface area contributed by atoms with Crippen molar-refractivity contribution >= 4 is 5.69 Å². The Balaban J connectivity index is 2.46. The third-order valence-electron chi connectivity index (χ3n) is 4.20. The van der Waals surface area contributed by atoms with Gasteiger partial charge in [0.25, 0.3) is 0 Å². The number of benzene rings is 1. The van der Waals surface area contributed by atoms with Gasteiger partial charge in [-0.25, -0.2) is 13.2 Å². The van der Waals surface area contributed by atoms with Crippen LogP contribution in [0.15, 0.2) is 6.07 Å². The van der Waals surface area contributed by atoms with Gasteiger partial charge in [-0.05, 0) is 33.3 Å². The van der Waals surface area contributed by atoms with Crippen LogP contribution in [-0.2, 0) is 0 Å². The van der Waals surface area contributed by atoms with E-state index in [4.69, 9.17) is 5.26 Å². The largest absolute Gasteiger partial charge is 0.390 e. The van der Waals surface area contributed by atoms with Gasteiger partial charge in [0.1, 0.15) is 11.8 Å². The molecular formula is C15H17F3N2O. The third-order valence-corrected chi connectivity index (χ3v) is 4.20.